The topological polar surface area (TPSA) is 106 Å². The van der Waals surface area contributed by atoms with Crippen LogP contribution in [-0.2, 0) is 4.74 Å². The monoisotopic (exact) mass is 452 g/mol. The van der Waals surface area contributed by atoms with E-state index >= 15 is 0 Å². The van der Waals surface area contributed by atoms with E-state index in [9.17, 15) is 9.59 Å². The van der Waals surface area contributed by atoms with Crippen LogP contribution in [0.25, 0.3) is 0 Å². The van der Waals surface area contributed by atoms with Crippen LogP contribution in [0.5, 0.6) is 11.5 Å². The van der Waals surface area contributed by atoms with Crippen molar-refractivity contribution in [3.63, 3.8) is 0 Å². The lowest BCUT2D eigenvalue weighted by Crippen LogP contribution is -2.30. The molecule has 0 aromatic heterocycles. The first-order valence-electron chi connectivity index (χ1n) is 11.3. The summed E-state index contributed by atoms with van der Waals surface area (Å²) in [6, 6.07) is 11.2. The van der Waals surface area contributed by atoms with Crippen LogP contribution < -0.4 is 20.1 Å². The molecule has 174 valence electrons. The largest absolute Gasteiger partial charge is 0.491 e. The van der Waals surface area contributed by atoms with Gasteiger partial charge in [0.25, 0.3) is 11.8 Å². The zero-order valence-electron chi connectivity index (χ0n) is 18.7. The molecule has 5 rings (SSSR count). The number of ether oxygens (including phenoxy) is 3. The minimum absolute atomic E-state index is 0.0706. The van der Waals surface area contributed by atoms with Gasteiger partial charge in [0.15, 0.2) is 0 Å². The molecule has 1 saturated heterocycles. The summed E-state index contributed by atoms with van der Waals surface area (Å²) >= 11 is 0. The van der Waals surface area contributed by atoms with Crippen molar-refractivity contribution in [1.29, 1.82) is 0 Å². The molecule has 1 unspecified atom stereocenters. The summed E-state index contributed by atoms with van der Waals surface area (Å²) in [6.07, 6.45) is -0.241. The molecule has 2 aromatic carbocycles. The van der Waals surface area contributed by atoms with Crippen molar-refractivity contribution in [2.75, 3.05) is 33.5 Å². The van der Waals surface area contributed by atoms with Crippen molar-refractivity contribution < 1.29 is 28.9 Å². The lowest BCUT2D eigenvalue weighted by atomic mass is 9.86. The maximum atomic E-state index is 13.1. The number of carbonyl (C=O) groups excluding carboxylic acids is 2. The summed E-state index contributed by atoms with van der Waals surface area (Å²) in [5.74, 6) is 1.25. The molecule has 2 fully saturated rings. The summed E-state index contributed by atoms with van der Waals surface area (Å²) in [6.45, 7) is 3.45. The third kappa shape index (κ3) is 3.94. The third-order valence-electron chi connectivity index (χ3n) is 6.79. The Morgan fingerprint density at radius 1 is 1.15 bits per heavy atom. The number of rotatable bonds is 7. The Bertz CT molecular complexity index is 1080. The number of carbonyl (C=O) groups is 2. The van der Waals surface area contributed by atoms with Crippen LogP contribution in [0.2, 0.25) is 0 Å². The molecule has 5 atom stereocenters. The first-order chi connectivity index (χ1) is 16.0. The third-order valence-corrected chi connectivity index (χ3v) is 6.79. The Morgan fingerprint density at radius 3 is 2.67 bits per heavy atom. The maximum Gasteiger partial charge on any atom is 0.254 e. The lowest BCUT2D eigenvalue weighted by molar-refractivity contribution is 0.0928. The molecule has 2 aromatic rings. The minimum atomic E-state index is -0.300. The molecule has 2 aliphatic heterocycles. The van der Waals surface area contributed by atoms with Crippen LogP contribution in [0, 0.1) is 11.8 Å². The Hall–Kier alpha value is -3.10. The van der Waals surface area contributed by atoms with Gasteiger partial charge in [0.2, 0.25) is 0 Å². The number of hydrogen-bond donors (Lipinski definition) is 3. The van der Waals surface area contributed by atoms with Gasteiger partial charge in [-0.1, -0.05) is 12.1 Å². The normalized spacial score (nSPS) is 26.7. The van der Waals surface area contributed by atoms with Crippen molar-refractivity contribution in [2.45, 2.75) is 25.0 Å². The lowest BCUT2D eigenvalue weighted by Gasteiger charge is -2.17. The Kier molecular flexibility index (Phi) is 5.72. The fourth-order valence-electron chi connectivity index (χ4n) is 5.06. The zero-order chi connectivity index (χ0) is 23.1. The van der Waals surface area contributed by atoms with Gasteiger partial charge in [-0.25, -0.2) is 0 Å². The van der Waals surface area contributed by atoms with Gasteiger partial charge in [-0.3, -0.25) is 9.59 Å². The summed E-state index contributed by atoms with van der Waals surface area (Å²) in [7, 11) is 1.56. The van der Waals surface area contributed by atoms with Crippen LogP contribution >= 0.6 is 0 Å². The van der Waals surface area contributed by atoms with Crippen molar-refractivity contribution >= 4 is 11.8 Å². The molecule has 3 N–H and O–H groups in total. The van der Waals surface area contributed by atoms with E-state index in [1.807, 2.05) is 37.3 Å². The molecule has 33 heavy (non-hydrogen) atoms. The van der Waals surface area contributed by atoms with Crippen molar-refractivity contribution in [3.8, 4) is 11.5 Å². The second-order valence-corrected chi connectivity index (χ2v) is 8.83. The summed E-state index contributed by atoms with van der Waals surface area (Å²) in [4.78, 5) is 25.8. The van der Waals surface area contributed by atoms with E-state index in [0.29, 0.717) is 47.7 Å². The van der Waals surface area contributed by atoms with Crippen LogP contribution in [0.1, 0.15) is 44.7 Å². The van der Waals surface area contributed by atoms with Gasteiger partial charge in [-0.2, -0.15) is 0 Å². The predicted octanol–water partition coefficient (Wildman–Crippen LogP) is 1.70. The number of amides is 2. The Labute approximate surface area is 192 Å². The molecule has 0 bridgehead atoms. The van der Waals surface area contributed by atoms with E-state index in [1.54, 1.807) is 13.1 Å². The van der Waals surface area contributed by atoms with Crippen molar-refractivity contribution in [3.05, 3.63) is 58.7 Å². The van der Waals surface area contributed by atoms with Gasteiger partial charge in [-0.15, -0.1) is 0 Å². The first kappa shape index (κ1) is 21.7. The highest BCUT2D eigenvalue weighted by Crippen LogP contribution is 2.46. The Morgan fingerprint density at radius 2 is 1.94 bits per heavy atom. The number of nitrogens with one attached hydrogen (secondary N) is 2. The minimum Gasteiger partial charge on any atom is -0.491 e. The highest BCUT2D eigenvalue weighted by molar-refractivity contribution is 6.02. The molecule has 2 amide bonds. The standard InChI is InChI=1S/C25H28N2O6/c1-13-21(14-4-3-5-16(8-14)32-7-6-28)17-9-15(10-18(23(17)33-13)25(30)26-2)24(29)27-22-19-11-31-12-20(19)22/h3-5,8-10,13,19-22,28H,6-7,11-12H2,1-2H3,(H,26,30)(H,27,29)/t13-,19-,20+,21+,22?/m1/s1. The van der Waals surface area contributed by atoms with Crippen LogP contribution in [0.4, 0.5) is 0 Å². The molecule has 8 nitrogen and oxygen atoms in total. The number of benzene rings is 2. The van der Waals surface area contributed by atoms with E-state index in [0.717, 1.165) is 11.1 Å². The second kappa shape index (κ2) is 8.68. The maximum absolute atomic E-state index is 13.1. The molecule has 8 heteroatoms. The summed E-state index contributed by atoms with van der Waals surface area (Å²) in [5.41, 5.74) is 2.54. The van der Waals surface area contributed by atoms with Gasteiger partial charge in [-0.05, 0) is 36.8 Å². The zero-order valence-corrected chi connectivity index (χ0v) is 18.7. The van der Waals surface area contributed by atoms with Crippen molar-refractivity contribution in [2.24, 2.45) is 11.8 Å². The summed E-state index contributed by atoms with van der Waals surface area (Å²) < 4.78 is 17.1. The van der Waals surface area contributed by atoms with Crippen molar-refractivity contribution in [1.82, 2.24) is 10.6 Å². The fraction of sp³-hybridized carbons (Fsp3) is 0.440. The highest BCUT2D eigenvalue weighted by atomic mass is 16.5. The average Bonchev–Trinajstić information content (AvgIpc) is 3.15. The molecule has 1 aliphatic carbocycles. The van der Waals surface area contributed by atoms with Gasteiger partial charge in [0, 0.05) is 42.0 Å². The highest BCUT2D eigenvalue weighted by Gasteiger charge is 2.54. The van der Waals surface area contributed by atoms with E-state index in [2.05, 4.69) is 10.6 Å². The molecular formula is C25H28N2O6. The van der Waals surface area contributed by atoms with Gasteiger partial charge in [0.1, 0.15) is 24.2 Å². The van der Waals surface area contributed by atoms with E-state index < -0.39 is 0 Å². The molecular weight excluding hydrogens is 424 g/mol. The van der Waals surface area contributed by atoms with E-state index in [1.165, 1.54) is 0 Å². The van der Waals surface area contributed by atoms with Crippen LogP contribution in [-0.4, -0.2) is 62.5 Å². The number of fused-ring (bicyclic) bond motifs is 2. The average molecular weight is 453 g/mol. The fourth-order valence-corrected chi connectivity index (χ4v) is 5.06. The second-order valence-electron chi connectivity index (χ2n) is 8.83. The molecule has 3 aliphatic rings. The Balaban J connectivity index is 1.50. The number of hydrogen-bond acceptors (Lipinski definition) is 6. The summed E-state index contributed by atoms with van der Waals surface area (Å²) in [5, 5.41) is 14.8. The van der Waals surface area contributed by atoms with Gasteiger partial charge < -0.3 is 30.0 Å². The first-order valence-corrected chi connectivity index (χ1v) is 11.3. The number of aliphatic hydroxyl groups is 1. The van der Waals surface area contributed by atoms with Gasteiger partial charge in [0.05, 0.1) is 25.4 Å². The van der Waals surface area contributed by atoms with E-state index in [4.69, 9.17) is 19.3 Å². The molecule has 0 spiro atoms. The number of aliphatic hydroxyl groups excluding tert-OH is 1. The van der Waals surface area contributed by atoms with Crippen LogP contribution in [0.3, 0.4) is 0 Å². The quantitative estimate of drug-likeness (QED) is 0.591. The SMILES string of the molecule is CNC(=O)c1cc(C(=O)NC2[C@H]3COC[C@@H]23)cc2c1O[C@H](C)[C@H]2c1cccc(OCCO)c1. The molecule has 2 heterocycles. The molecule has 0 radical (unpaired) electrons. The van der Waals surface area contributed by atoms with Gasteiger partial charge >= 0.3 is 0 Å². The molecule has 1 saturated carbocycles. The smallest absolute Gasteiger partial charge is 0.254 e. The predicted molar refractivity (Wildman–Crippen MR) is 120 cm³/mol. The van der Waals surface area contributed by atoms with E-state index in [-0.39, 0.29) is 43.1 Å². The van der Waals surface area contributed by atoms with Crippen LogP contribution in [0.15, 0.2) is 36.4 Å².